The lowest BCUT2D eigenvalue weighted by Crippen LogP contribution is -2.48. The molecular weight excluding hydrogens is 332 g/mol. The van der Waals surface area contributed by atoms with E-state index in [9.17, 15) is 9.59 Å². The van der Waals surface area contributed by atoms with Crippen LogP contribution in [0.2, 0.25) is 0 Å². The maximum atomic E-state index is 12.6. The topological polar surface area (TPSA) is 86.0 Å². The van der Waals surface area contributed by atoms with Crippen molar-refractivity contribution in [3.8, 4) is 6.07 Å². The highest BCUT2D eigenvalue weighted by Crippen LogP contribution is 2.31. The summed E-state index contributed by atoms with van der Waals surface area (Å²) in [6.07, 6.45) is 3.27. The standard InChI is InChI=1S/C19H22N4O3/c1-2-26-17(24)12-22-13-19(21-14-22)7-9-23(10-8-19)18(25)16-5-3-15(11-20)4-6-16/h3-6,14H,2,7-10,12-13H2,1H3. The first-order valence-corrected chi connectivity index (χ1v) is 8.80. The molecule has 7 nitrogen and oxygen atoms in total. The molecular formula is C19H22N4O3. The van der Waals surface area contributed by atoms with Gasteiger partial charge in [-0.15, -0.1) is 0 Å². The van der Waals surface area contributed by atoms with Crippen LogP contribution < -0.4 is 0 Å². The van der Waals surface area contributed by atoms with Crippen molar-refractivity contribution in [3.63, 3.8) is 0 Å². The fourth-order valence-corrected chi connectivity index (χ4v) is 3.42. The molecule has 1 fully saturated rings. The number of esters is 1. The zero-order valence-corrected chi connectivity index (χ0v) is 14.9. The fourth-order valence-electron chi connectivity index (χ4n) is 3.42. The average molecular weight is 354 g/mol. The summed E-state index contributed by atoms with van der Waals surface area (Å²) in [4.78, 5) is 32.6. The molecule has 2 heterocycles. The van der Waals surface area contributed by atoms with Crippen LogP contribution in [0.1, 0.15) is 35.7 Å². The van der Waals surface area contributed by atoms with Gasteiger partial charge < -0.3 is 14.5 Å². The average Bonchev–Trinajstić information content (AvgIpc) is 3.04. The second-order valence-corrected chi connectivity index (χ2v) is 6.66. The van der Waals surface area contributed by atoms with Gasteiger partial charge in [0.2, 0.25) is 0 Å². The van der Waals surface area contributed by atoms with E-state index in [2.05, 4.69) is 11.1 Å². The fraction of sp³-hybridized carbons (Fsp3) is 0.474. The number of nitrogens with zero attached hydrogens (tertiary/aromatic N) is 4. The lowest BCUT2D eigenvalue weighted by molar-refractivity contribution is -0.143. The molecule has 0 bridgehead atoms. The van der Waals surface area contributed by atoms with Crippen LogP contribution in [0.4, 0.5) is 0 Å². The molecule has 0 unspecified atom stereocenters. The quantitative estimate of drug-likeness (QED) is 0.764. The van der Waals surface area contributed by atoms with Crippen molar-refractivity contribution < 1.29 is 14.3 Å². The zero-order chi connectivity index (χ0) is 18.6. The molecule has 1 amide bonds. The summed E-state index contributed by atoms with van der Waals surface area (Å²) in [5, 5.41) is 8.85. The van der Waals surface area contributed by atoms with Crippen molar-refractivity contribution >= 4 is 18.2 Å². The number of rotatable bonds is 4. The minimum atomic E-state index is -0.246. The second-order valence-electron chi connectivity index (χ2n) is 6.66. The normalized spacial score (nSPS) is 18.0. The maximum Gasteiger partial charge on any atom is 0.325 e. The van der Waals surface area contributed by atoms with Crippen LogP contribution in [0.25, 0.3) is 0 Å². The Hall–Kier alpha value is -2.88. The molecule has 0 atom stereocenters. The van der Waals surface area contributed by atoms with Gasteiger partial charge in [-0.2, -0.15) is 5.26 Å². The Labute approximate surface area is 152 Å². The molecule has 1 aromatic rings. The van der Waals surface area contributed by atoms with E-state index in [-0.39, 0.29) is 24.0 Å². The van der Waals surface area contributed by atoms with Gasteiger partial charge in [-0.05, 0) is 44.0 Å². The first-order chi connectivity index (χ1) is 12.5. The van der Waals surface area contributed by atoms with Crippen LogP contribution in [0, 0.1) is 11.3 Å². The summed E-state index contributed by atoms with van der Waals surface area (Å²) in [5.41, 5.74) is 0.924. The number of amides is 1. The largest absolute Gasteiger partial charge is 0.465 e. The van der Waals surface area contributed by atoms with Gasteiger partial charge in [-0.3, -0.25) is 14.6 Å². The zero-order valence-electron chi connectivity index (χ0n) is 14.9. The number of benzene rings is 1. The van der Waals surface area contributed by atoms with Gasteiger partial charge in [0.1, 0.15) is 6.54 Å². The van der Waals surface area contributed by atoms with Gasteiger partial charge in [0, 0.05) is 25.2 Å². The number of piperidine rings is 1. The number of carbonyl (C=O) groups is 2. The van der Waals surface area contributed by atoms with Crippen LogP contribution >= 0.6 is 0 Å². The van der Waals surface area contributed by atoms with E-state index in [0.29, 0.717) is 37.4 Å². The molecule has 26 heavy (non-hydrogen) atoms. The van der Waals surface area contributed by atoms with E-state index in [0.717, 1.165) is 12.8 Å². The highest BCUT2D eigenvalue weighted by molar-refractivity contribution is 5.94. The van der Waals surface area contributed by atoms with Crippen molar-refractivity contribution in [1.82, 2.24) is 9.80 Å². The Morgan fingerprint density at radius 3 is 2.58 bits per heavy atom. The molecule has 1 aromatic carbocycles. The van der Waals surface area contributed by atoms with E-state index in [4.69, 9.17) is 10.00 Å². The highest BCUT2D eigenvalue weighted by atomic mass is 16.5. The SMILES string of the molecule is CCOC(=O)CN1C=NC2(CCN(C(=O)c3ccc(C#N)cc3)CC2)C1. The Balaban J connectivity index is 1.54. The van der Waals surface area contributed by atoms with Crippen LogP contribution in [0.15, 0.2) is 29.3 Å². The lowest BCUT2D eigenvalue weighted by atomic mass is 9.88. The van der Waals surface area contributed by atoms with E-state index in [1.807, 2.05) is 9.80 Å². The molecule has 0 radical (unpaired) electrons. The molecule has 0 N–H and O–H groups in total. The van der Waals surface area contributed by atoms with Crippen molar-refractivity contribution in [2.24, 2.45) is 4.99 Å². The molecule has 0 saturated carbocycles. The molecule has 1 saturated heterocycles. The van der Waals surface area contributed by atoms with Gasteiger partial charge in [0.15, 0.2) is 0 Å². The van der Waals surface area contributed by atoms with Crippen LogP contribution in [0.5, 0.6) is 0 Å². The third-order valence-corrected chi connectivity index (χ3v) is 4.87. The van der Waals surface area contributed by atoms with Crippen LogP contribution in [-0.2, 0) is 9.53 Å². The van der Waals surface area contributed by atoms with E-state index in [1.54, 1.807) is 37.5 Å². The molecule has 2 aliphatic rings. The second kappa shape index (κ2) is 7.56. The maximum absolute atomic E-state index is 12.6. The summed E-state index contributed by atoms with van der Waals surface area (Å²) in [7, 11) is 0. The molecule has 0 aromatic heterocycles. The van der Waals surface area contributed by atoms with Gasteiger partial charge in [-0.25, -0.2) is 0 Å². The van der Waals surface area contributed by atoms with E-state index >= 15 is 0 Å². The predicted octanol–water partition coefficient (Wildman–Crippen LogP) is 1.44. The first-order valence-electron chi connectivity index (χ1n) is 8.80. The summed E-state index contributed by atoms with van der Waals surface area (Å²) in [6.45, 7) is 4.32. The Bertz CT molecular complexity index is 743. The molecule has 0 aliphatic carbocycles. The van der Waals surface area contributed by atoms with Gasteiger partial charge in [0.25, 0.3) is 5.91 Å². The van der Waals surface area contributed by atoms with Crippen LogP contribution in [0.3, 0.4) is 0 Å². The molecule has 1 spiro atoms. The minimum absolute atomic E-state index is 0.0188. The number of nitriles is 1. The number of carbonyl (C=O) groups excluding carboxylic acids is 2. The first kappa shape index (κ1) is 17.9. The Kier molecular flexibility index (Phi) is 5.21. The molecule has 136 valence electrons. The Morgan fingerprint density at radius 2 is 1.96 bits per heavy atom. The predicted molar refractivity (Wildman–Crippen MR) is 95.7 cm³/mol. The van der Waals surface area contributed by atoms with Crippen molar-refractivity contribution in [2.75, 3.05) is 32.8 Å². The molecule has 3 rings (SSSR count). The number of likely N-dealkylation sites (tertiary alicyclic amines) is 1. The number of hydrogen-bond donors (Lipinski definition) is 0. The van der Waals surface area contributed by atoms with E-state index in [1.165, 1.54) is 0 Å². The minimum Gasteiger partial charge on any atom is -0.465 e. The smallest absolute Gasteiger partial charge is 0.325 e. The molecule has 7 heteroatoms. The summed E-state index contributed by atoms with van der Waals surface area (Å²) < 4.78 is 4.98. The van der Waals surface area contributed by atoms with Gasteiger partial charge in [0.05, 0.1) is 30.1 Å². The van der Waals surface area contributed by atoms with Gasteiger partial charge in [-0.1, -0.05) is 0 Å². The molecule has 2 aliphatic heterocycles. The van der Waals surface area contributed by atoms with Crippen LogP contribution in [-0.4, -0.2) is 66.3 Å². The Morgan fingerprint density at radius 1 is 1.27 bits per heavy atom. The monoisotopic (exact) mass is 354 g/mol. The number of aliphatic imine (C=N–C) groups is 1. The lowest BCUT2D eigenvalue weighted by Gasteiger charge is -2.37. The van der Waals surface area contributed by atoms with E-state index < -0.39 is 0 Å². The van der Waals surface area contributed by atoms with Crippen molar-refractivity contribution in [2.45, 2.75) is 25.3 Å². The van der Waals surface area contributed by atoms with Crippen molar-refractivity contribution in [1.29, 1.82) is 5.26 Å². The summed E-state index contributed by atoms with van der Waals surface area (Å²) >= 11 is 0. The number of hydrogen-bond acceptors (Lipinski definition) is 6. The summed E-state index contributed by atoms with van der Waals surface area (Å²) in [5.74, 6) is -0.265. The third kappa shape index (κ3) is 3.85. The number of ether oxygens (including phenoxy) is 1. The highest BCUT2D eigenvalue weighted by Gasteiger charge is 2.40. The van der Waals surface area contributed by atoms with Gasteiger partial charge >= 0.3 is 5.97 Å². The van der Waals surface area contributed by atoms with Crippen molar-refractivity contribution in [3.05, 3.63) is 35.4 Å². The third-order valence-electron chi connectivity index (χ3n) is 4.87. The summed E-state index contributed by atoms with van der Waals surface area (Å²) in [6, 6.07) is 8.76.